The van der Waals surface area contributed by atoms with Crippen molar-refractivity contribution in [2.45, 2.75) is 12.0 Å². The van der Waals surface area contributed by atoms with Crippen molar-refractivity contribution in [1.29, 1.82) is 0 Å². The lowest BCUT2D eigenvalue weighted by Crippen LogP contribution is -2.28. The van der Waals surface area contributed by atoms with Gasteiger partial charge in [-0.1, -0.05) is 78.9 Å². The number of benzene rings is 7. The number of fused-ring (bicyclic) bond motifs is 3. The van der Waals surface area contributed by atoms with Crippen LogP contribution in [-0.2, 0) is 12.0 Å². The molecule has 0 fully saturated rings. The van der Waals surface area contributed by atoms with E-state index in [2.05, 4.69) is 0 Å². The molecular weight excluding hydrogens is 711 g/mol. The van der Waals surface area contributed by atoms with Crippen LogP contribution in [0.2, 0.25) is 0 Å². The lowest BCUT2D eigenvalue weighted by molar-refractivity contribution is -0.385. The highest BCUT2D eigenvalue weighted by Crippen LogP contribution is 2.60. The molecule has 0 saturated carbocycles. The first-order valence-electron chi connectivity index (χ1n) is 17.5. The van der Waals surface area contributed by atoms with Gasteiger partial charge in [0.05, 0.1) is 21.5 Å². The zero-order chi connectivity index (χ0) is 38.8. The fraction of sp³-hybridized carbons (Fsp3) is 0.0435. The van der Waals surface area contributed by atoms with Crippen molar-refractivity contribution in [3.05, 3.63) is 213 Å². The van der Waals surface area contributed by atoms with Gasteiger partial charge in [0.1, 0.15) is 29.6 Å². The van der Waals surface area contributed by atoms with E-state index in [1.807, 2.05) is 103 Å². The third-order valence-electron chi connectivity index (χ3n) is 9.81. The summed E-state index contributed by atoms with van der Waals surface area (Å²) in [5.74, 6) is 0.0793. The number of hydrogen-bond acceptors (Lipinski definition) is 7. The van der Waals surface area contributed by atoms with Crippen LogP contribution in [-0.4, -0.2) is 27.1 Å². The molecule has 274 valence electrons. The third kappa shape index (κ3) is 6.45. The predicted octanol–water partition coefficient (Wildman–Crippen LogP) is 10.5. The number of rotatable bonds is 12. The molecule has 1 aliphatic rings. The molecule has 0 saturated heterocycles. The van der Waals surface area contributed by atoms with Gasteiger partial charge >= 0.3 is 17.6 Å². The maximum Gasteiger partial charge on any atom is 0.335 e. The molecule has 0 atom stereocenters. The van der Waals surface area contributed by atoms with Crippen LogP contribution in [0.3, 0.4) is 0 Å². The number of aromatic carboxylic acids is 2. The lowest BCUT2D eigenvalue weighted by atomic mass is 9.67. The van der Waals surface area contributed by atoms with Crippen LogP contribution in [0.4, 0.5) is 5.69 Å². The van der Waals surface area contributed by atoms with E-state index in [9.17, 15) is 29.9 Å². The molecule has 56 heavy (non-hydrogen) atoms. The topological polar surface area (TPSA) is 145 Å². The molecule has 10 nitrogen and oxygen atoms in total. The highest BCUT2D eigenvalue weighted by atomic mass is 16.6. The van der Waals surface area contributed by atoms with Crippen molar-refractivity contribution in [2.75, 3.05) is 0 Å². The van der Waals surface area contributed by atoms with E-state index in [0.29, 0.717) is 28.6 Å². The van der Waals surface area contributed by atoms with Gasteiger partial charge in [-0.25, -0.2) is 9.59 Å². The molecule has 7 aromatic rings. The van der Waals surface area contributed by atoms with E-state index in [1.54, 1.807) is 30.3 Å². The first-order valence-corrected chi connectivity index (χ1v) is 17.5. The number of nitro groups is 1. The van der Waals surface area contributed by atoms with E-state index >= 15 is 0 Å². The lowest BCUT2D eigenvalue weighted by Gasteiger charge is -2.34. The van der Waals surface area contributed by atoms with E-state index in [4.69, 9.17) is 14.2 Å². The van der Waals surface area contributed by atoms with Gasteiger partial charge in [0.15, 0.2) is 0 Å². The number of hydrogen-bond donors (Lipinski definition) is 2. The Kier molecular flexibility index (Phi) is 9.21. The zero-order valence-corrected chi connectivity index (χ0v) is 29.5. The largest absolute Gasteiger partial charge is 0.482 e. The van der Waals surface area contributed by atoms with E-state index in [1.165, 1.54) is 30.3 Å². The smallest absolute Gasteiger partial charge is 0.335 e. The van der Waals surface area contributed by atoms with Crippen LogP contribution >= 0.6 is 0 Å². The zero-order valence-electron chi connectivity index (χ0n) is 29.5. The summed E-state index contributed by atoms with van der Waals surface area (Å²) in [6.45, 7) is 0.117. The number of carboxylic acids is 2. The number of carbonyl (C=O) groups is 2. The van der Waals surface area contributed by atoms with Crippen LogP contribution < -0.4 is 14.2 Å². The third-order valence-corrected chi connectivity index (χ3v) is 9.81. The van der Waals surface area contributed by atoms with Crippen molar-refractivity contribution in [2.24, 2.45) is 0 Å². The van der Waals surface area contributed by atoms with E-state index < -0.39 is 22.3 Å². The van der Waals surface area contributed by atoms with Crippen molar-refractivity contribution in [3.63, 3.8) is 0 Å². The Labute approximate surface area is 320 Å². The minimum atomic E-state index is -1.03. The maximum atomic E-state index is 12.6. The summed E-state index contributed by atoms with van der Waals surface area (Å²) in [4.78, 5) is 34.9. The summed E-state index contributed by atoms with van der Waals surface area (Å²) in [5, 5.41) is 31.2. The summed E-state index contributed by atoms with van der Waals surface area (Å²) >= 11 is 0. The van der Waals surface area contributed by atoms with Crippen LogP contribution in [0.15, 0.2) is 164 Å². The first kappa shape index (κ1) is 35.3. The molecule has 2 N–H and O–H groups in total. The predicted molar refractivity (Wildman–Crippen MR) is 208 cm³/mol. The second-order valence-corrected chi connectivity index (χ2v) is 13.1. The quantitative estimate of drug-likeness (QED) is 0.0922. The molecule has 0 aliphatic heterocycles. The standard InChI is InChI=1S/C46H31NO9/c48-44(49)30-10-18-34(19-11-30)55-36-22-14-32(15-23-36)46(33-16-24-37(25-17-33)56-35-20-12-31(13-21-35)45(50)51)39-9-5-4-8-38(39)42-40(46)26-27-41(47(52)53)43(42)54-28-29-6-2-1-3-7-29/h1-27H,28H2,(H,48,49)(H,50,51). The molecule has 0 heterocycles. The number of carboxylic acid groups (broad SMARTS) is 2. The molecule has 7 aromatic carbocycles. The summed E-state index contributed by atoms with van der Waals surface area (Å²) in [6.07, 6.45) is 0. The van der Waals surface area contributed by atoms with E-state index in [0.717, 1.165) is 33.4 Å². The Morgan fingerprint density at radius 2 is 1.02 bits per heavy atom. The van der Waals surface area contributed by atoms with E-state index in [-0.39, 0.29) is 29.2 Å². The molecule has 0 spiro atoms. The Hall–Kier alpha value is -7.72. The summed E-state index contributed by atoms with van der Waals surface area (Å²) in [7, 11) is 0. The minimum Gasteiger partial charge on any atom is -0.482 e. The van der Waals surface area contributed by atoms with Crippen LogP contribution in [0, 0.1) is 10.1 Å². The monoisotopic (exact) mass is 741 g/mol. The van der Waals surface area contributed by atoms with Crippen molar-refractivity contribution in [3.8, 4) is 39.9 Å². The second-order valence-electron chi connectivity index (χ2n) is 13.1. The highest BCUT2D eigenvalue weighted by molar-refractivity contribution is 5.92. The van der Waals surface area contributed by atoms with Crippen molar-refractivity contribution in [1.82, 2.24) is 0 Å². The number of nitrogens with zero attached hydrogens (tertiary/aromatic N) is 1. The molecular formula is C46H31NO9. The summed E-state index contributed by atoms with van der Waals surface area (Å²) in [6, 6.07) is 48.0. The van der Waals surface area contributed by atoms with Gasteiger partial charge in [0.25, 0.3) is 0 Å². The number of nitro benzene ring substituents is 1. The normalized spacial score (nSPS) is 12.2. The Morgan fingerprint density at radius 3 is 1.50 bits per heavy atom. The van der Waals surface area contributed by atoms with Gasteiger partial charge in [-0.2, -0.15) is 0 Å². The van der Waals surface area contributed by atoms with Gasteiger partial charge < -0.3 is 24.4 Å². The molecule has 10 heteroatoms. The maximum absolute atomic E-state index is 12.6. The Morgan fingerprint density at radius 1 is 0.554 bits per heavy atom. The van der Waals surface area contributed by atoms with Crippen LogP contribution in [0.1, 0.15) is 48.5 Å². The highest BCUT2D eigenvalue weighted by Gasteiger charge is 2.48. The molecule has 0 unspecified atom stereocenters. The molecule has 1 aliphatic carbocycles. The van der Waals surface area contributed by atoms with Crippen molar-refractivity contribution >= 4 is 17.6 Å². The fourth-order valence-electron chi connectivity index (χ4n) is 7.28. The average molecular weight is 742 g/mol. The van der Waals surface area contributed by atoms with Gasteiger partial charge in [-0.15, -0.1) is 0 Å². The Bertz CT molecular complexity index is 2480. The van der Waals surface area contributed by atoms with Gasteiger partial charge in [0, 0.05) is 11.6 Å². The molecule has 8 rings (SSSR count). The summed E-state index contributed by atoms with van der Waals surface area (Å²) in [5.41, 5.74) is 4.76. The average Bonchev–Trinajstić information content (AvgIpc) is 3.52. The van der Waals surface area contributed by atoms with Crippen LogP contribution in [0.5, 0.6) is 28.7 Å². The van der Waals surface area contributed by atoms with Crippen molar-refractivity contribution < 1.29 is 38.9 Å². The molecule has 0 bridgehead atoms. The van der Waals surface area contributed by atoms with Gasteiger partial charge in [-0.05, 0) is 112 Å². The second kappa shape index (κ2) is 14.6. The Balaban J connectivity index is 1.27. The van der Waals surface area contributed by atoms with Gasteiger partial charge in [-0.3, -0.25) is 10.1 Å². The number of ether oxygens (including phenoxy) is 3. The molecule has 0 aromatic heterocycles. The minimum absolute atomic E-state index is 0.117. The molecule has 0 amide bonds. The molecule has 0 radical (unpaired) electrons. The van der Waals surface area contributed by atoms with Gasteiger partial charge in [0.2, 0.25) is 5.75 Å². The SMILES string of the molecule is O=C(O)c1ccc(Oc2ccc(C3(c4ccc(Oc5ccc(C(=O)O)cc5)cc4)c4ccccc4-c4c3ccc([N+](=O)[O-])c4OCc3ccccc3)cc2)cc1. The van der Waals surface area contributed by atoms with Crippen LogP contribution in [0.25, 0.3) is 11.1 Å². The fourth-order valence-corrected chi connectivity index (χ4v) is 7.28. The summed E-state index contributed by atoms with van der Waals surface area (Å²) < 4.78 is 18.6. The first-order chi connectivity index (χ1) is 27.2.